The van der Waals surface area contributed by atoms with Gasteiger partial charge in [0.05, 0.1) is 23.3 Å². The fourth-order valence-corrected chi connectivity index (χ4v) is 4.74. The number of carbonyl (C=O) groups excluding carboxylic acids is 2. The molecule has 0 fully saturated rings. The third kappa shape index (κ3) is 5.70. The molecule has 0 bridgehead atoms. The van der Waals surface area contributed by atoms with Crippen LogP contribution in [0.15, 0.2) is 41.3 Å². The van der Waals surface area contributed by atoms with Crippen molar-refractivity contribution in [2.75, 3.05) is 29.9 Å². The number of sulfonamides is 1. The number of halogens is 1. The number of hydrogen-bond donors (Lipinski definition) is 1. The number of benzene rings is 2. The van der Waals surface area contributed by atoms with E-state index in [-0.39, 0.29) is 23.1 Å². The summed E-state index contributed by atoms with van der Waals surface area (Å²) in [5, 5.41) is 0.380. The van der Waals surface area contributed by atoms with Crippen LogP contribution in [0.4, 0.5) is 11.4 Å². The standard InChI is InChI=1S/C24H25ClN2O6S/c1-16(28)27-12-11-18-15-20(8-10-22(18)27)34(30,31)26-21-9-7-19(25)14-17(21)6-5-13-33-24(2,3)23(29)32-4/h7-10,14-15,26H,11-13H2,1-4H3. The van der Waals surface area contributed by atoms with E-state index in [0.717, 1.165) is 11.3 Å². The number of methoxy groups -OCH3 is 1. The van der Waals surface area contributed by atoms with Crippen molar-refractivity contribution in [3.8, 4) is 11.8 Å². The van der Waals surface area contributed by atoms with Crippen LogP contribution < -0.4 is 9.62 Å². The largest absolute Gasteiger partial charge is 0.467 e. The van der Waals surface area contributed by atoms with Crippen molar-refractivity contribution in [2.24, 2.45) is 0 Å². The quantitative estimate of drug-likeness (QED) is 0.478. The Morgan fingerprint density at radius 2 is 1.94 bits per heavy atom. The Kier molecular flexibility index (Phi) is 7.56. The van der Waals surface area contributed by atoms with E-state index in [0.29, 0.717) is 23.6 Å². The van der Waals surface area contributed by atoms with Gasteiger partial charge in [-0.25, -0.2) is 13.2 Å². The second kappa shape index (κ2) is 10.1. The lowest BCUT2D eigenvalue weighted by atomic mass is 10.1. The van der Waals surface area contributed by atoms with Crippen molar-refractivity contribution < 1.29 is 27.5 Å². The molecule has 10 heteroatoms. The number of amides is 1. The minimum atomic E-state index is -3.93. The molecule has 1 N–H and O–H groups in total. The molecule has 34 heavy (non-hydrogen) atoms. The highest BCUT2D eigenvalue weighted by Crippen LogP contribution is 2.31. The summed E-state index contributed by atoms with van der Waals surface area (Å²) in [6, 6.07) is 9.28. The summed E-state index contributed by atoms with van der Waals surface area (Å²) in [5.74, 6) is 4.98. The van der Waals surface area contributed by atoms with Crippen molar-refractivity contribution in [1.29, 1.82) is 0 Å². The molecule has 0 spiro atoms. The van der Waals surface area contributed by atoms with Crippen molar-refractivity contribution in [3.05, 3.63) is 52.5 Å². The van der Waals surface area contributed by atoms with Gasteiger partial charge < -0.3 is 14.4 Å². The Morgan fingerprint density at radius 3 is 2.62 bits per heavy atom. The van der Waals surface area contributed by atoms with Gasteiger partial charge in [0.1, 0.15) is 6.61 Å². The minimum absolute atomic E-state index is 0.0775. The van der Waals surface area contributed by atoms with Crippen LogP contribution in [0.25, 0.3) is 0 Å². The first-order valence-electron chi connectivity index (χ1n) is 10.4. The second-order valence-corrected chi connectivity index (χ2v) is 10.2. The monoisotopic (exact) mass is 504 g/mol. The zero-order chi connectivity index (χ0) is 25.1. The lowest BCUT2D eigenvalue weighted by Gasteiger charge is -2.20. The van der Waals surface area contributed by atoms with Crippen molar-refractivity contribution in [3.63, 3.8) is 0 Å². The normalized spacial score (nSPS) is 13.0. The number of carbonyl (C=O) groups is 2. The fraction of sp³-hybridized carbons (Fsp3) is 0.333. The zero-order valence-corrected chi connectivity index (χ0v) is 20.8. The molecule has 0 unspecified atom stereocenters. The molecule has 0 saturated carbocycles. The predicted octanol–water partition coefficient (Wildman–Crippen LogP) is 3.37. The van der Waals surface area contributed by atoms with Gasteiger partial charge in [-0.05, 0) is 62.2 Å². The first kappa shape index (κ1) is 25.6. The predicted molar refractivity (Wildman–Crippen MR) is 129 cm³/mol. The van der Waals surface area contributed by atoms with Crippen LogP contribution in [0.5, 0.6) is 0 Å². The van der Waals surface area contributed by atoms with E-state index in [2.05, 4.69) is 21.3 Å². The van der Waals surface area contributed by atoms with Crippen molar-refractivity contribution in [2.45, 2.75) is 37.7 Å². The molecule has 2 aromatic rings. The average Bonchev–Trinajstić information content (AvgIpc) is 3.21. The second-order valence-electron chi connectivity index (χ2n) is 8.10. The van der Waals surface area contributed by atoms with Gasteiger partial charge in [0.25, 0.3) is 10.0 Å². The van der Waals surface area contributed by atoms with Crippen LogP contribution in [-0.4, -0.2) is 46.2 Å². The number of ether oxygens (including phenoxy) is 2. The Bertz CT molecular complexity index is 1290. The van der Waals surface area contributed by atoms with E-state index >= 15 is 0 Å². The summed E-state index contributed by atoms with van der Waals surface area (Å²) < 4.78 is 38.9. The molecule has 0 radical (unpaired) electrons. The molecule has 0 atom stereocenters. The maximum atomic E-state index is 13.1. The third-order valence-electron chi connectivity index (χ3n) is 5.27. The van der Waals surface area contributed by atoms with E-state index in [4.69, 9.17) is 16.3 Å². The molecule has 0 saturated heterocycles. The van der Waals surface area contributed by atoms with Gasteiger partial charge in [0.15, 0.2) is 5.60 Å². The highest BCUT2D eigenvalue weighted by molar-refractivity contribution is 7.92. The van der Waals surface area contributed by atoms with E-state index in [1.165, 1.54) is 32.2 Å². The van der Waals surface area contributed by atoms with Crippen LogP contribution in [0.3, 0.4) is 0 Å². The molecule has 1 aliphatic rings. The van der Waals surface area contributed by atoms with Gasteiger partial charge in [-0.3, -0.25) is 9.52 Å². The van der Waals surface area contributed by atoms with Gasteiger partial charge in [-0.1, -0.05) is 23.4 Å². The van der Waals surface area contributed by atoms with Gasteiger partial charge in [-0.15, -0.1) is 0 Å². The van der Waals surface area contributed by atoms with Gasteiger partial charge in [0.2, 0.25) is 5.91 Å². The Balaban J connectivity index is 1.82. The number of nitrogens with one attached hydrogen (secondary N) is 1. The molecule has 180 valence electrons. The molecule has 0 aromatic heterocycles. The highest BCUT2D eigenvalue weighted by atomic mass is 35.5. The number of anilines is 2. The molecule has 1 heterocycles. The Hall–Kier alpha value is -3.06. The molecule has 8 nitrogen and oxygen atoms in total. The number of rotatable bonds is 6. The first-order valence-corrected chi connectivity index (χ1v) is 12.3. The molecule has 0 aliphatic carbocycles. The van der Waals surface area contributed by atoms with Crippen LogP contribution in [0.1, 0.15) is 31.9 Å². The van der Waals surface area contributed by atoms with Crippen LogP contribution in [-0.2, 0) is 35.5 Å². The van der Waals surface area contributed by atoms with Gasteiger partial charge in [0, 0.05) is 24.2 Å². The number of fused-ring (bicyclic) bond motifs is 1. The molecule has 1 aliphatic heterocycles. The lowest BCUT2D eigenvalue weighted by Crippen LogP contribution is -2.36. The van der Waals surface area contributed by atoms with Crippen molar-refractivity contribution >= 4 is 44.9 Å². The van der Waals surface area contributed by atoms with Crippen LogP contribution in [0, 0.1) is 11.8 Å². The smallest absolute Gasteiger partial charge is 0.337 e. The molecule has 2 aromatic carbocycles. The molecule has 3 rings (SSSR count). The topological polar surface area (TPSA) is 102 Å². The third-order valence-corrected chi connectivity index (χ3v) is 6.87. The first-order chi connectivity index (χ1) is 15.9. The van der Waals surface area contributed by atoms with E-state index in [9.17, 15) is 18.0 Å². The molecular weight excluding hydrogens is 480 g/mol. The molecule has 1 amide bonds. The van der Waals surface area contributed by atoms with E-state index in [1.54, 1.807) is 36.9 Å². The summed E-state index contributed by atoms with van der Waals surface area (Å²) in [7, 11) is -2.67. The SMILES string of the molecule is COC(=O)C(C)(C)OCC#Cc1cc(Cl)ccc1NS(=O)(=O)c1ccc2c(c1)CCN2C(C)=O. The molecular formula is C24H25ClN2O6S. The fourth-order valence-electron chi connectivity index (χ4n) is 3.44. The Labute approximate surface area is 204 Å². The maximum Gasteiger partial charge on any atom is 0.337 e. The van der Waals surface area contributed by atoms with Gasteiger partial charge >= 0.3 is 5.97 Å². The number of hydrogen-bond acceptors (Lipinski definition) is 6. The zero-order valence-electron chi connectivity index (χ0n) is 19.3. The summed E-state index contributed by atoms with van der Waals surface area (Å²) in [5.41, 5.74) is 0.932. The highest BCUT2D eigenvalue weighted by Gasteiger charge is 2.29. The van der Waals surface area contributed by atoms with Crippen LogP contribution in [0.2, 0.25) is 5.02 Å². The number of esters is 1. The van der Waals surface area contributed by atoms with Gasteiger partial charge in [-0.2, -0.15) is 0 Å². The minimum Gasteiger partial charge on any atom is -0.467 e. The summed E-state index contributed by atoms with van der Waals surface area (Å²) in [6.07, 6.45) is 0.581. The van der Waals surface area contributed by atoms with Crippen molar-refractivity contribution in [1.82, 2.24) is 0 Å². The Morgan fingerprint density at radius 1 is 1.21 bits per heavy atom. The summed E-state index contributed by atoms with van der Waals surface area (Å²) in [6.45, 7) is 5.04. The number of nitrogens with zero attached hydrogens (tertiary/aromatic N) is 1. The summed E-state index contributed by atoms with van der Waals surface area (Å²) in [4.78, 5) is 25.1. The average molecular weight is 505 g/mol. The van der Waals surface area contributed by atoms with Crippen LogP contribution >= 0.6 is 11.6 Å². The van der Waals surface area contributed by atoms with E-state index < -0.39 is 21.6 Å². The van der Waals surface area contributed by atoms with E-state index in [1.807, 2.05) is 0 Å². The lowest BCUT2D eigenvalue weighted by molar-refractivity contribution is -0.163. The maximum absolute atomic E-state index is 13.1. The summed E-state index contributed by atoms with van der Waals surface area (Å²) >= 11 is 6.08.